The summed E-state index contributed by atoms with van der Waals surface area (Å²) in [5, 5.41) is 2.69. The van der Waals surface area contributed by atoms with Gasteiger partial charge in [-0.05, 0) is 36.0 Å². The largest absolute Gasteiger partial charge is 0.359 e. The minimum Gasteiger partial charge on any atom is -0.359 e. The Hall–Kier alpha value is -2.62. The summed E-state index contributed by atoms with van der Waals surface area (Å²) in [5.41, 5.74) is 3.55. The van der Waals surface area contributed by atoms with Crippen LogP contribution in [0.4, 0.5) is 0 Å². The molecule has 1 heterocycles. The highest BCUT2D eigenvalue weighted by Gasteiger charge is 2.27. The second kappa shape index (κ2) is 8.65. The fourth-order valence-electron chi connectivity index (χ4n) is 3.53. The molecule has 0 aliphatic carbocycles. The predicted octanol–water partition coefficient (Wildman–Crippen LogP) is 3.27. The van der Waals surface area contributed by atoms with Crippen LogP contribution in [0.1, 0.15) is 24.8 Å². The molecule has 1 fully saturated rings. The maximum Gasteiger partial charge on any atom is 0.224 e. The molecule has 1 atom stereocenters. The molecule has 1 unspecified atom stereocenters. The molecule has 0 aromatic heterocycles. The second-order valence-corrected chi connectivity index (χ2v) is 6.86. The van der Waals surface area contributed by atoms with E-state index < -0.39 is 0 Å². The van der Waals surface area contributed by atoms with Gasteiger partial charge in [0.15, 0.2) is 0 Å². The lowest BCUT2D eigenvalue weighted by Crippen LogP contribution is -2.44. The quantitative estimate of drug-likeness (QED) is 0.900. The van der Waals surface area contributed by atoms with E-state index in [1.165, 1.54) is 11.1 Å². The van der Waals surface area contributed by atoms with E-state index in [9.17, 15) is 9.59 Å². The number of carbonyl (C=O) groups is 2. The van der Waals surface area contributed by atoms with Crippen LogP contribution in [0.15, 0.2) is 54.6 Å². The van der Waals surface area contributed by atoms with Crippen molar-refractivity contribution in [2.45, 2.75) is 25.7 Å². The van der Waals surface area contributed by atoms with Crippen molar-refractivity contribution in [3.8, 4) is 11.1 Å². The first-order chi connectivity index (χ1) is 12.7. The van der Waals surface area contributed by atoms with Crippen molar-refractivity contribution in [1.82, 2.24) is 10.2 Å². The fraction of sp³-hybridized carbons (Fsp3) is 0.364. The van der Waals surface area contributed by atoms with Gasteiger partial charge < -0.3 is 10.2 Å². The van der Waals surface area contributed by atoms with Crippen molar-refractivity contribution < 1.29 is 9.59 Å². The number of hydrogen-bond acceptors (Lipinski definition) is 2. The highest BCUT2D eigenvalue weighted by Crippen LogP contribution is 2.21. The van der Waals surface area contributed by atoms with Crippen LogP contribution in [0.3, 0.4) is 0 Å². The highest BCUT2D eigenvalue weighted by molar-refractivity contribution is 5.81. The average Bonchev–Trinajstić information content (AvgIpc) is 2.72. The molecule has 136 valence electrons. The maximum atomic E-state index is 12.5. The van der Waals surface area contributed by atoms with Gasteiger partial charge in [0.05, 0.1) is 5.92 Å². The van der Waals surface area contributed by atoms with E-state index in [2.05, 4.69) is 41.7 Å². The molecule has 2 aromatic carbocycles. The lowest BCUT2D eigenvalue weighted by Gasteiger charge is -2.32. The lowest BCUT2D eigenvalue weighted by molar-refractivity contribution is -0.135. The molecule has 26 heavy (non-hydrogen) atoms. The van der Waals surface area contributed by atoms with Gasteiger partial charge in [-0.1, -0.05) is 54.6 Å². The van der Waals surface area contributed by atoms with E-state index in [0.29, 0.717) is 13.0 Å². The molecule has 0 saturated carbocycles. The third-order valence-corrected chi connectivity index (χ3v) is 5.08. The second-order valence-electron chi connectivity index (χ2n) is 6.86. The number of benzene rings is 2. The summed E-state index contributed by atoms with van der Waals surface area (Å²) in [5.74, 6) is 0.118. The molecule has 4 nitrogen and oxygen atoms in total. The van der Waals surface area contributed by atoms with E-state index in [0.717, 1.165) is 31.4 Å². The van der Waals surface area contributed by atoms with Crippen LogP contribution in [-0.4, -0.2) is 36.9 Å². The van der Waals surface area contributed by atoms with Gasteiger partial charge in [0.1, 0.15) is 0 Å². The van der Waals surface area contributed by atoms with Gasteiger partial charge in [-0.2, -0.15) is 0 Å². The van der Waals surface area contributed by atoms with Crippen LogP contribution < -0.4 is 5.32 Å². The Labute approximate surface area is 155 Å². The predicted molar refractivity (Wildman–Crippen MR) is 104 cm³/mol. The number of amides is 2. The minimum absolute atomic E-state index is 0.0407. The van der Waals surface area contributed by atoms with Gasteiger partial charge in [-0.3, -0.25) is 9.59 Å². The van der Waals surface area contributed by atoms with E-state index >= 15 is 0 Å². The molecular weight excluding hydrogens is 324 g/mol. The van der Waals surface area contributed by atoms with Gasteiger partial charge in [-0.15, -0.1) is 0 Å². The third kappa shape index (κ3) is 4.51. The Morgan fingerprint density at radius 2 is 1.73 bits per heavy atom. The van der Waals surface area contributed by atoms with Crippen molar-refractivity contribution in [2.75, 3.05) is 20.1 Å². The zero-order chi connectivity index (χ0) is 18.4. The van der Waals surface area contributed by atoms with Crippen LogP contribution in [0.2, 0.25) is 0 Å². The van der Waals surface area contributed by atoms with E-state index in [1.54, 1.807) is 7.05 Å². The normalized spacial score (nSPS) is 17.0. The van der Waals surface area contributed by atoms with Crippen molar-refractivity contribution in [3.05, 3.63) is 60.2 Å². The van der Waals surface area contributed by atoms with E-state index in [-0.39, 0.29) is 17.7 Å². The van der Waals surface area contributed by atoms with Gasteiger partial charge in [0, 0.05) is 26.6 Å². The van der Waals surface area contributed by atoms with Crippen LogP contribution in [0, 0.1) is 5.92 Å². The number of rotatable bonds is 5. The Morgan fingerprint density at radius 3 is 2.42 bits per heavy atom. The molecule has 0 radical (unpaired) electrons. The Bertz CT molecular complexity index is 740. The summed E-state index contributed by atoms with van der Waals surface area (Å²) < 4.78 is 0. The molecule has 3 rings (SSSR count). The molecule has 0 bridgehead atoms. The zero-order valence-corrected chi connectivity index (χ0v) is 15.3. The lowest BCUT2D eigenvalue weighted by atomic mass is 9.96. The van der Waals surface area contributed by atoms with E-state index in [4.69, 9.17) is 0 Å². The van der Waals surface area contributed by atoms with Gasteiger partial charge >= 0.3 is 0 Å². The summed E-state index contributed by atoms with van der Waals surface area (Å²) in [4.78, 5) is 26.2. The molecule has 0 spiro atoms. The van der Waals surface area contributed by atoms with Crippen LogP contribution in [0.25, 0.3) is 11.1 Å². The number of hydrogen-bond donors (Lipinski definition) is 1. The SMILES string of the molecule is CNC(=O)C1CCCN(C(=O)CCc2ccc(-c3ccccc3)cc2)C1. The Morgan fingerprint density at radius 1 is 1.04 bits per heavy atom. The zero-order valence-electron chi connectivity index (χ0n) is 15.3. The number of nitrogens with zero attached hydrogens (tertiary/aromatic N) is 1. The minimum atomic E-state index is -0.0668. The number of likely N-dealkylation sites (tertiary alicyclic amines) is 1. The molecular formula is C22H26N2O2. The fourth-order valence-corrected chi connectivity index (χ4v) is 3.53. The summed E-state index contributed by atoms with van der Waals surface area (Å²) in [6.07, 6.45) is 2.99. The molecule has 1 saturated heterocycles. The first-order valence-corrected chi connectivity index (χ1v) is 9.31. The molecule has 4 heteroatoms. The monoisotopic (exact) mass is 350 g/mol. The molecule has 2 amide bonds. The standard InChI is InChI=1S/C22H26N2O2/c1-23-22(26)20-8-5-15-24(16-20)21(25)14-11-17-9-12-19(13-10-17)18-6-3-2-4-7-18/h2-4,6-7,9-10,12-13,20H,5,8,11,14-16H2,1H3,(H,23,26). The molecule has 1 aliphatic rings. The molecule has 2 aromatic rings. The van der Waals surface area contributed by atoms with Gasteiger partial charge in [-0.25, -0.2) is 0 Å². The number of piperidine rings is 1. The summed E-state index contributed by atoms with van der Waals surface area (Å²) >= 11 is 0. The van der Waals surface area contributed by atoms with Crippen molar-refractivity contribution in [3.63, 3.8) is 0 Å². The Kier molecular flexibility index (Phi) is 6.05. The van der Waals surface area contributed by atoms with Gasteiger partial charge in [0.2, 0.25) is 11.8 Å². The van der Waals surface area contributed by atoms with Crippen molar-refractivity contribution in [2.24, 2.45) is 5.92 Å². The van der Waals surface area contributed by atoms with Crippen molar-refractivity contribution >= 4 is 11.8 Å². The first kappa shape index (κ1) is 18.2. The molecule has 1 aliphatic heterocycles. The van der Waals surface area contributed by atoms with Crippen molar-refractivity contribution in [1.29, 1.82) is 0 Å². The van der Waals surface area contributed by atoms with Crippen LogP contribution in [-0.2, 0) is 16.0 Å². The number of carbonyl (C=O) groups excluding carboxylic acids is 2. The number of nitrogens with one attached hydrogen (secondary N) is 1. The summed E-state index contributed by atoms with van der Waals surface area (Å²) in [7, 11) is 1.65. The first-order valence-electron chi connectivity index (χ1n) is 9.31. The number of aryl methyl sites for hydroxylation is 1. The maximum absolute atomic E-state index is 12.5. The van der Waals surface area contributed by atoms with Gasteiger partial charge in [0.25, 0.3) is 0 Å². The van der Waals surface area contributed by atoms with E-state index in [1.807, 2.05) is 23.1 Å². The summed E-state index contributed by atoms with van der Waals surface area (Å²) in [6.45, 7) is 1.31. The highest BCUT2D eigenvalue weighted by atomic mass is 16.2. The summed E-state index contributed by atoms with van der Waals surface area (Å²) in [6, 6.07) is 18.7. The Balaban J connectivity index is 1.53. The smallest absolute Gasteiger partial charge is 0.224 e. The van der Waals surface area contributed by atoms with Crippen LogP contribution in [0.5, 0.6) is 0 Å². The van der Waals surface area contributed by atoms with Crippen LogP contribution >= 0.6 is 0 Å². The topological polar surface area (TPSA) is 49.4 Å². The molecule has 1 N–H and O–H groups in total. The third-order valence-electron chi connectivity index (χ3n) is 5.08. The average molecular weight is 350 g/mol.